The minimum Gasteiger partial charge on any atom is -0.421 e. The fraction of sp³-hybridized carbons (Fsp3) is 0.200. The van der Waals surface area contributed by atoms with Crippen LogP contribution < -0.4 is 0 Å². The summed E-state index contributed by atoms with van der Waals surface area (Å²) < 4.78 is 18.7. The average molecular weight is 355 g/mol. The average Bonchev–Trinajstić information content (AvgIpc) is 3.36. The molecular weight excluding hydrogens is 339 g/mol. The summed E-state index contributed by atoms with van der Waals surface area (Å²) in [5.74, 6) is 1.32. The summed E-state index contributed by atoms with van der Waals surface area (Å²) in [4.78, 5) is 0. The number of halogens is 2. The van der Waals surface area contributed by atoms with Crippen molar-refractivity contribution in [2.45, 2.75) is 25.2 Å². The molecule has 0 saturated heterocycles. The monoisotopic (exact) mass is 354 g/mol. The van der Waals surface area contributed by atoms with Crippen LogP contribution in [-0.2, 0) is 6.42 Å². The lowest BCUT2D eigenvalue weighted by Crippen LogP contribution is -1.90. The van der Waals surface area contributed by atoms with Crippen molar-refractivity contribution in [3.8, 4) is 0 Å². The molecule has 0 spiro atoms. The van der Waals surface area contributed by atoms with E-state index >= 15 is 0 Å². The second-order valence-electron chi connectivity index (χ2n) is 6.23. The van der Waals surface area contributed by atoms with E-state index in [1.807, 2.05) is 0 Å². The molecule has 25 heavy (non-hydrogen) atoms. The summed E-state index contributed by atoms with van der Waals surface area (Å²) in [6.07, 6.45) is 6.58. The van der Waals surface area contributed by atoms with E-state index in [-0.39, 0.29) is 5.82 Å². The molecule has 5 heteroatoms. The largest absolute Gasteiger partial charge is 0.421 e. The Morgan fingerprint density at radius 3 is 2.80 bits per heavy atom. The second kappa shape index (κ2) is 6.81. The SMILES string of the molecule is Fc1ccc(C=Cc2nnc(Cc3cccc(C4CC4)c3)o2)c(Cl)c1. The van der Waals surface area contributed by atoms with Crippen molar-refractivity contribution in [3.05, 3.63) is 81.8 Å². The number of rotatable bonds is 5. The molecule has 1 aliphatic carbocycles. The normalized spacial score (nSPS) is 14.3. The maximum absolute atomic E-state index is 13.1. The zero-order chi connectivity index (χ0) is 17.2. The second-order valence-corrected chi connectivity index (χ2v) is 6.64. The molecule has 0 amide bonds. The number of benzene rings is 2. The molecule has 3 nitrogen and oxygen atoms in total. The maximum Gasteiger partial charge on any atom is 0.240 e. The van der Waals surface area contributed by atoms with Gasteiger partial charge >= 0.3 is 0 Å². The third-order valence-electron chi connectivity index (χ3n) is 4.21. The van der Waals surface area contributed by atoms with E-state index < -0.39 is 0 Å². The lowest BCUT2D eigenvalue weighted by Gasteiger charge is -2.01. The van der Waals surface area contributed by atoms with E-state index in [9.17, 15) is 4.39 Å². The van der Waals surface area contributed by atoms with Gasteiger partial charge in [-0.3, -0.25) is 0 Å². The zero-order valence-electron chi connectivity index (χ0n) is 13.5. The summed E-state index contributed by atoms with van der Waals surface area (Å²) >= 11 is 6.00. The Morgan fingerprint density at radius 2 is 2.00 bits per heavy atom. The molecule has 1 aromatic heterocycles. The third-order valence-corrected chi connectivity index (χ3v) is 4.53. The van der Waals surface area contributed by atoms with Crippen LogP contribution in [0.1, 0.15) is 47.2 Å². The minimum atomic E-state index is -0.365. The van der Waals surface area contributed by atoms with Crippen molar-refractivity contribution >= 4 is 23.8 Å². The van der Waals surface area contributed by atoms with Crippen LogP contribution in [0.3, 0.4) is 0 Å². The predicted molar refractivity (Wildman–Crippen MR) is 95.9 cm³/mol. The van der Waals surface area contributed by atoms with Crippen LogP contribution in [0.4, 0.5) is 4.39 Å². The van der Waals surface area contributed by atoms with Crippen LogP contribution in [0.25, 0.3) is 12.2 Å². The Bertz CT molecular complexity index is 931. The molecule has 0 radical (unpaired) electrons. The Balaban J connectivity index is 1.46. The molecule has 2 aromatic carbocycles. The minimum absolute atomic E-state index is 0.341. The van der Waals surface area contributed by atoms with Crippen molar-refractivity contribution in [1.29, 1.82) is 0 Å². The molecule has 0 aliphatic heterocycles. The standard InChI is InChI=1S/C20H16ClFN2O/c21-18-12-17(22)8-6-15(18)7-9-19-23-24-20(25-19)11-13-2-1-3-16(10-13)14-4-5-14/h1-3,6-10,12,14H,4-5,11H2. The summed E-state index contributed by atoms with van der Waals surface area (Å²) in [6, 6.07) is 12.8. The van der Waals surface area contributed by atoms with E-state index in [4.69, 9.17) is 16.0 Å². The molecule has 3 aromatic rings. The highest BCUT2D eigenvalue weighted by molar-refractivity contribution is 6.32. The quantitative estimate of drug-likeness (QED) is 0.607. The molecule has 1 fully saturated rings. The van der Waals surface area contributed by atoms with E-state index in [0.29, 0.717) is 28.8 Å². The first-order chi connectivity index (χ1) is 12.2. The van der Waals surface area contributed by atoms with E-state index in [1.54, 1.807) is 18.2 Å². The van der Waals surface area contributed by atoms with Gasteiger partial charge < -0.3 is 4.42 Å². The number of hydrogen-bond donors (Lipinski definition) is 0. The predicted octanol–water partition coefficient (Wildman–Crippen LogP) is 5.50. The molecule has 1 aliphatic rings. The fourth-order valence-electron chi connectivity index (χ4n) is 2.75. The molecule has 0 bridgehead atoms. The highest BCUT2D eigenvalue weighted by Gasteiger charge is 2.23. The highest BCUT2D eigenvalue weighted by Crippen LogP contribution is 2.40. The molecule has 0 atom stereocenters. The molecular formula is C20H16ClFN2O. The van der Waals surface area contributed by atoms with Gasteiger partial charge in [-0.15, -0.1) is 10.2 Å². The number of hydrogen-bond acceptors (Lipinski definition) is 3. The van der Waals surface area contributed by atoms with Crippen molar-refractivity contribution in [2.75, 3.05) is 0 Å². The van der Waals surface area contributed by atoms with Gasteiger partial charge in [0.2, 0.25) is 11.8 Å². The van der Waals surface area contributed by atoms with Gasteiger partial charge in [-0.1, -0.05) is 41.9 Å². The van der Waals surface area contributed by atoms with Gasteiger partial charge in [0.25, 0.3) is 0 Å². The van der Waals surface area contributed by atoms with E-state index in [1.165, 1.54) is 36.1 Å². The molecule has 0 N–H and O–H groups in total. The summed E-state index contributed by atoms with van der Waals surface area (Å²) in [6.45, 7) is 0. The van der Waals surface area contributed by atoms with Gasteiger partial charge in [-0.05, 0) is 53.7 Å². The third kappa shape index (κ3) is 3.97. The number of aromatic nitrogens is 2. The first-order valence-corrected chi connectivity index (χ1v) is 8.59. The summed E-state index contributed by atoms with van der Waals surface area (Å²) in [5.41, 5.74) is 3.26. The molecule has 4 rings (SSSR count). The van der Waals surface area contributed by atoms with Crippen molar-refractivity contribution in [1.82, 2.24) is 10.2 Å². The van der Waals surface area contributed by atoms with Gasteiger partial charge in [-0.2, -0.15) is 0 Å². The van der Waals surface area contributed by atoms with Crippen LogP contribution in [0.2, 0.25) is 5.02 Å². The lowest BCUT2D eigenvalue weighted by atomic mass is 10.1. The first kappa shape index (κ1) is 16.0. The maximum atomic E-state index is 13.1. The van der Waals surface area contributed by atoms with Crippen molar-refractivity contribution in [2.24, 2.45) is 0 Å². The van der Waals surface area contributed by atoms with Crippen LogP contribution in [0.15, 0.2) is 46.9 Å². The Kier molecular flexibility index (Phi) is 4.36. The van der Waals surface area contributed by atoms with Gasteiger partial charge in [0.05, 0.1) is 11.4 Å². The molecule has 1 saturated carbocycles. The zero-order valence-corrected chi connectivity index (χ0v) is 14.2. The van der Waals surface area contributed by atoms with Gasteiger partial charge in [0.15, 0.2) is 0 Å². The van der Waals surface area contributed by atoms with Gasteiger partial charge in [0, 0.05) is 6.08 Å². The number of nitrogens with zero attached hydrogens (tertiary/aromatic N) is 2. The Hall–Kier alpha value is -2.46. The Labute approximate surface area is 150 Å². The topological polar surface area (TPSA) is 38.9 Å². The van der Waals surface area contributed by atoms with Gasteiger partial charge in [0.1, 0.15) is 5.82 Å². The molecule has 126 valence electrons. The lowest BCUT2D eigenvalue weighted by molar-refractivity contribution is 0.496. The first-order valence-electron chi connectivity index (χ1n) is 8.22. The van der Waals surface area contributed by atoms with Crippen molar-refractivity contribution in [3.63, 3.8) is 0 Å². The van der Waals surface area contributed by atoms with Crippen LogP contribution >= 0.6 is 11.6 Å². The van der Waals surface area contributed by atoms with Crippen LogP contribution in [0, 0.1) is 5.82 Å². The summed E-state index contributed by atoms with van der Waals surface area (Å²) in [5, 5.41) is 8.45. The summed E-state index contributed by atoms with van der Waals surface area (Å²) in [7, 11) is 0. The smallest absolute Gasteiger partial charge is 0.240 e. The Morgan fingerprint density at radius 1 is 1.12 bits per heavy atom. The fourth-order valence-corrected chi connectivity index (χ4v) is 2.98. The van der Waals surface area contributed by atoms with E-state index in [2.05, 4.69) is 34.5 Å². The highest BCUT2D eigenvalue weighted by atomic mass is 35.5. The van der Waals surface area contributed by atoms with Crippen molar-refractivity contribution < 1.29 is 8.81 Å². The van der Waals surface area contributed by atoms with Crippen LogP contribution in [0.5, 0.6) is 0 Å². The van der Waals surface area contributed by atoms with Gasteiger partial charge in [-0.25, -0.2) is 4.39 Å². The van der Waals surface area contributed by atoms with Crippen LogP contribution in [-0.4, -0.2) is 10.2 Å². The van der Waals surface area contributed by atoms with E-state index in [0.717, 1.165) is 5.92 Å². The molecule has 0 unspecified atom stereocenters. The molecule has 1 heterocycles.